The summed E-state index contributed by atoms with van der Waals surface area (Å²) >= 11 is 1.74. The highest BCUT2D eigenvalue weighted by atomic mass is 32.2. The van der Waals surface area contributed by atoms with E-state index in [1.807, 2.05) is 0 Å². The highest BCUT2D eigenvalue weighted by molar-refractivity contribution is 8.01. The van der Waals surface area contributed by atoms with Crippen molar-refractivity contribution >= 4 is 18.0 Å². The molecule has 0 heterocycles. The van der Waals surface area contributed by atoms with Crippen molar-refractivity contribution in [3.63, 3.8) is 0 Å². The van der Waals surface area contributed by atoms with Crippen LogP contribution in [-0.2, 0) is 4.79 Å². The van der Waals surface area contributed by atoms with Crippen molar-refractivity contribution < 1.29 is 4.79 Å². The largest absolute Gasteiger partial charge is 0.302 e. The molecule has 0 bridgehead atoms. The predicted octanol–water partition coefficient (Wildman–Crippen LogP) is 2.74. The molecule has 0 aromatic rings. The number of hydrogen-bond acceptors (Lipinski definition) is 2. The standard InChI is InChI=1S/C9H18OS/c1-7(2)8(6-10)11-9(3,4)5/h6-8H,1-5H3. The van der Waals surface area contributed by atoms with E-state index in [0.717, 1.165) is 6.29 Å². The molecule has 0 fully saturated rings. The lowest BCUT2D eigenvalue weighted by Crippen LogP contribution is -2.21. The molecule has 1 nitrogen and oxygen atoms in total. The number of hydrogen-bond donors (Lipinski definition) is 0. The van der Waals surface area contributed by atoms with E-state index in [0.29, 0.717) is 5.92 Å². The Morgan fingerprint density at radius 3 is 1.82 bits per heavy atom. The predicted molar refractivity (Wildman–Crippen MR) is 52.0 cm³/mol. The van der Waals surface area contributed by atoms with E-state index in [1.165, 1.54) is 0 Å². The fourth-order valence-electron chi connectivity index (χ4n) is 0.729. The maximum absolute atomic E-state index is 10.6. The van der Waals surface area contributed by atoms with Crippen molar-refractivity contribution in [1.29, 1.82) is 0 Å². The topological polar surface area (TPSA) is 17.1 Å². The molecule has 0 aliphatic rings. The Balaban J connectivity index is 3.99. The van der Waals surface area contributed by atoms with Crippen LogP contribution in [-0.4, -0.2) is 16.3 Å². The van der Waals surface area contributed by atoms with Gasteiger partial charge < -0.3 is 4.79 Å². The summed E-state index contributed by atoms with van der Waals surface area (Å²) in [6.07, 6.45) is 1.06. The van der Waals surface area contributed by atoms with Crippen LogP contribution in [0.1, 0.15) is 34.6 Å². The minimum Gasteiger partial charge on any atom is -0.302 e. The molecule has 1 atom stereocenters. The first-order valence-electron chi connectivity index (χ1n) is 4.00. The summed E-state index contributed by atoms with van der Waals surface area (Å²) in [5.74, 6) is 0.441. The van der Waals surface area contributed by atoms with Gasteiger partial charge in [0.25, 0.3) is 0 Å². The Morgan fingerprint density at radius 1 is 1.27 bits per heavy atom. The molecule has 0 radical (unpaired) electrons. The quantitative estimate of drug-likeness (QED) is 0.612. The summed E-state index contributed by atoms with van der Waals surface area (Å²) in [4.78, 5) is 10.6. The average molecular weight is 174 g/mol. The van der Waals surface area contributed by atoms with Crippen LogP contribution in [0.25, 0.3) is 0 Å². The Bertz CT molecular complexity index is 124. The van der Waals surface area contributed by atoms with Crippen LogP contribution in [0.2, 0.25) is 0 Å². The maximum Gasteiger partial charge on any atom is 0.133 e. The summed E-state index contributed by atoms with van der Waals surface area (Å²) in [5, 5.41) is 0.148. The van der Waals surface area contributed by atoms with Crippen molar-refractivity contribution in [2.24, 2.45) is 5.92 Å². The zero-order valence-corrected chi connectivity index (χ0v) is 8.87. The van der Waals surface area contributed by atoms with E-state index in [2.05, 4.69) is 34.6 Å². The number of aldehydes is 1. The molecular formula is C9H18OS. The molecule has 0 rings (SSSR count). The molecule has 0 spiro atoms. The lowest BCUT2D eigenvalue weighted by Gasteiger charge is -2.24. The minimum atomic E-state index is 0.148. The summed E-state index contributed by atoms with van der Waals surface area (Å²) in [7, 11) is 0. The van der Waals surface area contributed by atoms with Gasteiger partial charge in [-0.3, -0.25) is 0 Å². The summed E-state index contributed by atoms with van der Waals surface area (Å²) < 4.78 is 0.190. The van der Waals surface area contributed by atoms with Crippen LogP contribution in [0, 0.1) is 5.92 Å². The average Bonchev–Trinajstić information content (AvgIpc) is 1.80. The maximum atomic E-state index is 10.6. The molecule has 0 aliphatic heterocycles. The monoisotopic (exact) mass is 174 g/mol. The van der Waals surface area contributed by atoms with Gasteiger partial charge in [0.05, 0.1) is 5.25 Å². The van der Waals surface area contributed by atoms with Gasteiger partial charge >= 0.3 is 0 Å². The second kappa shape index (κ2) is 4.15. The molecule has 0 saturated heterocycles. The Kier molecular flexibility index (Phi) is 4.16. The molecule has 0 aromatic carbocycles. The molecule has 11 heavy (non-hydrogen) atoms. The normalized spacial score (nSPS) is 15.1. The van der Waals surface area contributed by atoms with E-state index in [9.17, 15) is 4.79 Å². The van der Waals surface area contributed by atoms with Crippen molar-refractivity contribution in [1.82, 2.24) is 0 Å². The smallest absolute Gasteiger partial charge is 0.133 e. The summed E-state index contributed by atoms with van der Waals surface area (Å²) in [5.41, 5.74) is 0. The van der Waals surface area contributed by atoms with E-state index in [4.69, 9.17) is 0 Å². The zero-order chi connectivity index (χ0) is 9.07. The van der Waals surface area contributed by atoms with Gasteiger partial charge in [0.2, 0.25) is 0 Å². The van der Waals surface area contributed by atoms with Crippen molar-refractivity contribution in [3.05, 3.63) is 0 Å². The fourth-order valence-corrected chi connectivity index (χ4v) is 1.87. The summed E-state index contributed by atoms with van der Waals surface area (Å²) in [6.45, 7) is 10.6. The van der Waals surface area contributed by atoms with Gasteiger partial charge in [-0.25, -0.2) is 0 Å². The highest BCUT2D eigenvalue weighted by Crippen LogP contribution is 2.30. The first-order chi connectivity index (χ1) is 4.87. The van der Waals surface area contributed by atoms with Gasteiger partial charge in [-0.15, -0.1) is 11.8 Å². The second-order valence-corrected chi connectivity index (χ2v) is 6.08. The Labute approximate surface area is 73.9 Å². The third kappa shape index (κ3) is 5.31. The van der Waals surface area contributed by atoms with Gasteiger partial charge in [-0.2, -0.15) is 0 Å². The minimum absolute atomic E-state index is 0.148. The summed E-state index contributed by atoms with van der Waals surface area (Å²) in [6, 6.07) is 0. The van der Waals surface area contributed by atoms with Crippen LogP contribution in [0.15, 0.2) is 0 Å². The van der Waals surface area contributed by atoms with Crippen LogP contribution in [0.5, 0.6) is 0 Å². The van der Waals surface area contributed by atoms with E-state index < -0.39 is 0 Å². The molecule has 1 unspecified atom stereocenters. The number of thioether (sulfide) groups is 1. The van der Waals surface area contributed by atoms with Crippen LogP contribution in [0.3, 0.4) is 0 Å². The van der Waals surface area contributed by atoms with E-state index in [1.54, 1.807) is 11.8 Å². The third-order valence-corrected chi connectivity index (χ3v) is 2.92. The lowest BCUT2D eigenvalue weighted by atomic mass is 10.1. The van der Waals surface area contributed by atoms with Gasteiger partial charge in [-0.05, 0) is 5.92 Å². The van der Waals surface area contributed by atoms with Crippen LogP contribution in [0.4, 0.5) is 0 Å². The van der Waals surface area contributed by atoms with Crippen molar-refractivity contribution in [2.45, 2.75) is 44.6 Å². The molecule has 66 valence electrons. The van der Waals surface area contributed by atoms with Crippen LogP contribution < -0.4 is 0 Å². The van der Waals surface area contributed by atoms with Gasteiger partial charge in [-0.1, -0.05) is 34.6 Å². The molecule has 0 saturated carbocycles. The SMILES string of the molecule is CC(C)C(C=O)SC(C)(C)C. The Hall–Kier alpha value is 0.0200. The second-order valence-electron chi connectivity index (χ2n) is 4.07. The van der Waals surface area contributed by atoms with E-state index >= 15 is 0 Å². The van der Waals surface area contributed by atoms with Crippen molar-refractivity contribution in [2.75, 3.05) is 0 Å². The third-order valence-electron chi connectivity index (χ3n) is 1.28. The highest BCUT2D eigenvalue weighted by Gasteiger charge is 2.20. The van der Waals surface area contributed by atoms with Crippen molar-refractivity contribution in [3.8, 4) is 0 Å². The molecular weight excluding hydrogens is 156 g/mol. The zero-order valence-electron chi connectivity index (χ0n) is 8.05. The fraction of sp³-hybridized carbons (Fsp3) is 0.889. The Morgan fingerprint density at radius 2 is 1.73 bits per heavy atom. The first kappa shape index (κ1) is 11.0. The molecule has 0 aliphatic carbocycles. The van der Waals surface area contributed by atoms with E-state index in [-0.39, 0.29) is 10.00 Å². The molecule has 2 heteroatoms. The number of carbonyl (C=O) groups is 1. The molecule has 0 amide bonds. The van der Waals surface area contributed by atoms with Gasteiger partial charge in [0.15, 0.2) is 0 Å². The number of rotatable bonds is 3. The number of carbonyl (C=O) groups excluding carboxylic acids is 1. The molecule has 0 N–H and O–H groups in total. The van der Waals surface area contributed by atoms with Crippen LogP contribution >= 0.6 is 11.8 Å². The lowest BCUT2D eigenvalue weighted by molar-refractivity contribution is -0.108. The molecule has 0 aromatic heterocycles. The van der Waals surface area contributed by atoms with Gasteiger partial charge in [0, 0.05) is 4.75 Å². The first-order valence-corrected chi connectivity index (χ1v) is 4.88. The van der Waals surface area contributed by atoms with Gasteiger partial charge in [0.1, 0.15) is 6.29 Å².